The van der Waals surface area contributed by atoms with Crippen LogP contribution in [0.2, 0.25) is 0 Å². The van der Waals surface area contributed by atoms with Gasteiger partial charge in [0, 0.05) is 44.6 Å². The largest absolute Gasteiger partial charge is 0.493 e. The molecule has 2 aromatic rings. The van der Waals surface area contributed by atoms with Crippen molar-refractivity contribution in [1.82, 2.24) is 14.9 Å². The highest BCUT2D eigenvalue weighted by Gasteiger charge is 2.22. The number of ether oxygens (including phenoxy) is 2. The van der Waals surface area contributed by atoms with Crippen LogP contribution in [0.25, 0.3) is 0 Å². The van der Waals surface area contributed by atoms with Crippen molar-refractivity contribution >= 4 is 5.95 Å². The van der Waals surface area contributed by atoms with Crippen molar-refractivity contribution in [2.45, 2.75) is 19.4 Å². The summed E-state index contributed by atoms with van der Waals surface area (Å²) >= 11 is 0. The number of nitrogens with zero attached hydrogens (tertiary/aromatic N) is 4. The van der Waals surface area contributed by atoms with Crippen LogP contribution in [0, 0.1) is 0 Å². The molecule has 0 saturated carbocycles. The molecule has 1 atom stereocenters. The Morgan fingerprint density at radius 1 is 1.00 bits per heavy atom. The highest BCUT2D eigenvalue weighted by atomic mass is 16.5. The van der Waals surface area contributed by atoms with E-state index in [0.717, 1.165) is 50.0 Å². The van der Waals surface area contributed by atoms with Crippen molar-refractivity contribution in [1.29, 1.82) is 0 Å². The molecule has 134 valence electrons. The van der Waals surface area contributed by atoms with Crippen molar-refractivity contribution in [3.63, 3.8) is 0 Å². The first-order valence-corrected chi connectivity index (χ1v) is 8.68. The van der Waals surface area contributed by atoms with Crippen LogP contribution < -0.4 is 14.4 Å². The van der Waals surface area contributed by atoms with Gasteiger partial charge in [-0.05, 0) is 37.1 Å². The summed E-state index contributed by atoms with van der Waals surface area (Å²) in [7, 11) is 3.34. The molecule has 0 radical (unpaired) electrons. The van der Waals surface area contributed by atoms with Gasteiger partial charge >= 0.3 is 0 Å². The smallest absolute Gasteiger partial charge is 0.225 e. The Labute approximate surface area is 149 Å². The van der Waals surface area contributed by atoms with E-state index >= 15 is 0 Å². The van der Waals surface area contributed by atoms with Gasteiger partial charge in [0.2, 0.25) is 5.95 Å². The van der Waals surface area contributed by atoms with Gasteiger partial charge in [0.1, 0.15) is 0 Å². The Morgan fingerprint density at radius 2 is 1.68 bits per heavy atom. The van der Waals surface area contributed by atoms with Crippen LogP contribution in [-0.4, -0.2) is 61.3 Å². The lowest BCUT2D eigenvalue weighted by molar-refractivity contribution is 0.195. The SMILES string of the molecule is COc1ccc(CC(C)N2CCN(c3ncccn3)CC2)cc1OC. The summed E-state index contributed by atoms with van der Waals surface area (Å²) in [6.45, 7) is 6.24. The molecule has 1 aromatic carbocycles. The highest BCUT2D eigenvalue weighted by molar-refractivity contribution is 5.43. The fraction of sp³-hybridized carbons (Fsp3) is 0.474. The molecule has 1 fully saturated rings. The van der Waals surface area contributed by atoms with E-state index in [9.17, 15) is 0 Å². The van der Waals surface area contributed by atoms with Gasteiger partial charge < -0.3 is 14.4 Å². The minimum Gasteiger partial charge on any atom is -0.493 e. The first-order valence-electron chi connectivity index (χ1n) is 8.68. The fourth-order valence-corrected chi connectivity index (χ4v) is 3.30. The van der Waals surface area contributed by atoms with Crippen LogP contribution in [-0.2, 0) is 6.42 Å². The van der Waals surface area contributed by atoms with Gasteiger partial charge in [-0.2, -0.15) is 0 Å². The molecule has 1 aliphatic rings. The average molecular weight is 342 g/mol. The Kier molecular flexibility index (Phi) is 5.71. The third-order valence-electron chi connectivity index (χ3n) is 4.75. The molecule has 2 heterocycles. The lowest BCUT2D eigenvalue weighted by Crippen LogP contribution is -2.50. The van der Waals surface area contributed by atoms with E-state index in [4.69, 9.17) is 9.47 Å². The van der Waals surface area contributed by atoms with E-state index in [1.54, 1.807) is 26.6 Å². The maximum atomic E-state index is 5.41. The second-order valence-electron chi connectivity index (χ2n) is 6.31. The molecule has 6 nitrogen and oxygen atoms in total. The summed E-state index contributed by atoms with van der Waals surface area (Å²) in [5, 5.41) is 0. The van der Waals surface area contributed by atoms with Gasteiger partial charge in [-0.3, -0.25) is 4.90 Å². The standard InChI is InChI=1S/C19H26N4O2/c1-15(13-16-5-6-17(24-2)18(14-16)25-3)22-9-11-23(12-10-22)19-20-7-4-8-21-19/h4-8,14-15H,9-13H2,1-3H3. The van der Waals surface area contributed by atoms with E-state index < -0.39 is 0 Å². The maximum absolute atomic E-state index is 5.41. The first-order chi connectivity index (χ1) is 12.2. The number of anilines is 1. The molecule has 25 heavy (non-hydrogen) atoms. The number of hydrogen-bond acceptors (Lipinski definition) is 6. The van der Waals surface area contributed by atoms with Crippen molar-refractivity contribution in [3.05, 3.63) is 42.2 Å². The zero-order valence-corrected chi connectivity index (χ0v) is 15.2. The van der Waals surface area contributed by atoms with Crippen molar-refractivity contribution in [2.24, 2.45) is 0 Å². The molecule has 1 saturated heterocycles. The minimum atomic E-state index is 0.469. The average Bonchev–Trinajstić information content (AvgIpc) is 2.68. The monoisotopic (exact) mass is 342 g/mol. The number of rotatable bonds is 6. The zero-order chi connectivity index (χ0) is 17.6. The lowest BCUT2D eigenvalue weighted by atomic mass is 10.0. The second kappa shape index (κ2) is 8.16. The van der Waals surface area contributed by atoms with E-state index in [2.05, 4.69) is 38.8 Å². The lowest BCUT2D eigenvalue weighted by Gasteiger charge is -2.38. The highest BCUT2D eigenvalue weighted by Crippen LogP contribution is 2.28. The van der Waals surface area contributed by atoms with E-state index in [1.165, 1.54) is 5.56 Å². The van der Waals surface area contributed by atoms with Crippen LogP contribution in [0.3, 0.4) is 0 Å². The molecule has 1 aromatic heterocycles. The molecule has 0 bridgehead atoms. The number of methoxy groups -OCH3 is 2. The number of benzene rings is 1. The molecular formula is C19H26N4O2. The fourth-order valence-electron chi connectivity index (χ4n) is 3.30. The Morgan fingerprint density at radius 3 is 2.32 bits per heavy atom. The normalized spacial score (nSPS) is 16.5. The first kappa shape index (κ1) is 17.5. The number of hydrogen-bond donors (Lipinski definition) is 0. The number of piperazine rings is 1. The summed E-state index contributed by atoms with van der Waals surface area (Å²) in [5.41, 5.74) is 1.26. The Balaban J connectivity index is 1.57. The minimum absolute atomic E-state index is 0.469. The zero-order valence-electron chi connectivity index (χ0n) is 15.2. The predicted octanol–water partition coefficient (Wildman–Crippen LogP) is 2.25. The van der Waals surface area contributed by atoms with Gasteiger partial charge in [0.05, 0.1) is 14.2 Å². The van der Waals surface area contributed by atoms with Crippen LogP contribution in [0.15, 0.2) is 36.7 Å². The summed E-state index contributed by atoms with van der Waals surface area (Å²) in [6.07, 6.45) is 4.59. The van der Waals surface area contributed by atoms with Crippen LogP contribution in [0.1, 0.15) is 12.5 Å². The van der Waals surface area contributed by atoms with E-state index in [0.29, 0.717) is 6.04 Å². The molecule has 6 heteroatoms. The van der Waals surface area contributed by atoms with Crippen LogP contribution in [0.4, 0.5) is 5.95 Å². The third-order valence-corrected chi connectivity index (χ3v) is 4.75. The molecule has 0 amide bonds. The van der Waals surface area contributed by atoms with Gasteiger partial charge in [-0.1, -0.05) is 6.07 Å². The molecule has 0 aliphatic carbocycles. The molecule has 0 spiro atoms. The summed E-state index contributed by atoms with van der Waals surface area (Å²) in [4.78, 5) is 13.5. The van der Waals surface area contributed by atoms with Crippen LogP contribution >= 0.6 is 0 Å². The summed E-state index contributed by atoms with van der Waals surface area (Å²) in [5.74, 6) is 2.39. The summed E-state index contributed by atoms with van der Waals surface area (Å²) in [6, 6.07) is 8.49. The van der Waals surface area contributed by atoms with E-state index in [1.807, 2.05) is 12.1 Å². The molecule has 0 N–H and O–H groups in total. The van der Waals surface area contributed by atoms with Gasteiger partial charge in [0.15, 0.2) is 11.5 Å². The van der Waals surface area contributed by atoms with Crippen molar-refractivity contribution in [3.8, 4) is 11.5 Å². The molecular weight excluding hydrogens is 316 g/mol. The predicted molar refractivity (Wildman–Crippen MR) is 98.5 cm³/mol. The van der Waals surface area contributed by atoms with Gasteiger partial charge in [-0.15, -0.1) is 0 Å². The molecule has 1 aliphatic heterocycles. The van der Waals surface area contributed by atoms with Gasteiger partial charge in [0.25, 0.3) is 0 Å². The summed E-state index contributed by atoms with van der Waals surface area (Å²) < 4.78 is 10.7. The Bertz CT molecular complexity index is 672. The molecule has 1 unspecified atom stereocenters. The quantitative estimate of drug-likeness (QED) is 0.802. The maximum Gasteiger partial charge on any atom is 0.225 e. The van der Waals surface area contributed by atoms with Gasteiger partial charge in [-0.25, -0.2) is 9.97 Å². The second-order valence-corrected chi connectivity index (χ2v) is 6.31. The topological polar surface area (TPSA) is 50.7 Å². The Hall–Kier alpha value is -2.34. The number of aromatic nitrogens is 2. The molecule has 3 rings (SSSR count). The van der Waals surface area contributed by atoms with Crippen molar-refractivity contribution in [2.75, 3.05) is 45.3 Å². The van der Waals surface area contributed by atoms with Crippen LogP contribution in [0.5, 0.6) is 11.5 Å². The third kappa shape index (κ3) is 4.20. The van der Waals surface area contributed by atoms with E-state index in [-0.39, 0.29) is 0 Å². The van der Waals surface area contributed by atoms with Crippen molar-refractivity contribution < 1.29 is 9.47 Å².